The van der Waals surface area contributed by atoms with Crippen molar-refractivity contribution in [2.75, 3.05) is 33.4 Å². The molecule has 1 amide bonds. The van der Waals surface area contributed by atoms with Crippen molar-refractivity contribution in [1.82, 2.24) is 9.80 Å². The second-order valence-electron chi connectivity index (χ2n) is 4.46. The first-order valence-corrected chi connectivity index (χ1v) is 5.81. The van der Waals surface area contributed by atoms with Crippen molar-refractivity contribution in [2.45, 2.75) is 25.2 Å². The van der Waals surface area contributed by atoms with E-state index in [0.717, 1.165) is 4.90 Å². The van der Waals surface area contributed by atoms with E-state index in [4.69, 9.17) is 10.00 Å². The number of carbonyl (C=O) groups is 1. The van der Waals surface area contributed by atoms with Crippen LogP contribution >= 0.6 is 0 Å². The van der Waals surface area contributed by atoms with Crippen molar-refractivity contribution < 1.29 is 22.7 Å². The number of hydrogen-bond donors (Lipinski definition) is 0. The lowest BCUT2D eigenvalue weighted by Gasteiger charge is -2.35. The second kappa shape index (κ2) is 6.21. The molecule has 0 aromatic rings. The third-order valence-corrected chi connectivity index (χ3v) is 3.01. The quantitative estimate of drug-likeness (QED) is 0.760. The number of alkyl halides is 3. The summed E-state index contributed by atoms with van der Waals surface area (Å²) in [5, 5.41) is 8.90. The average Bonchev–Trinajstić information content (AvgIpc) is 2.34. The minimum absolute atomic E-state index is 0.0952. The largest absolute Gasteiger partial charge is 0.401 e. The first-order chi connectivity index (χ1) is 8.76. The van der Waals surface area contributed by atoms with Gasteiger partial charge in [0, 0.05) is 6.54 Å². The maximum atomic E-state index is 12.3. The minimum Gasteiger partial charge on any atom is -0.376 e. The van der Waals surface area contributed by atoms with E-state index in [9.17, 15) is 18.0 Å². The molecular weight excluding hydrogens is 263 g/mol. The fourth-order valence-electron chi connectivity index (χ4n) is 1.82. The zero-order chi connectivity index (χ0) is 14.6. The lowest BCUT2D eigenvalue weighted by molar-refractivity contribution is -0.157. The van der Waals surface area contributed by atoms with Crippen molar-refractivity contribution in [3.63, 3.8) is 0 Å². The van der Waals surface area contributed by atoms with Crippen LogP contribution in [0.25, 0.3) is 0 Å². The monoisotopic (exact) mass is 279 g/mol. The molecule has 0 aliphatic carbocycles. The Labute approximate surface area is 109 Å². The van der Waals surface area contributed by atoms with Gasteiger partial charge < -0.3 is 9.64 Å². The zero-order valence-corrected chi connectivity index (χ0v) is 10.8. The molecule has 1 rings (SSSR count). The maximum absolute atomic E-state index is 12.3. The summed E-state index contributed by atoms with van der Waals surface area (Å²) in [6.07, 6.45) is -4.36. The van der Waals surface area contributed by atoms with Crippen LogP contribution in [-0.2, 0) is 9.53 Å². The Morgan fingerprint density at radius 2 is 2.26 bits per heavy atom. The summed E-state index contributed by atoms with van der Waals surface area (Å²) in [7, 11) is 1.23. The van der Waals surface area contributed by atoms with Gasteiger partial charge in [-0.2, -0.15) is 18.4 Å². The number of carbonyl (C=O) groups excluding carboxylic acids is 1. The minimum atomic E-state index is -4.36. The predicted molar refractivity (Wildman–Crippen MR) is 60.1 cm³/mol. The molecular formula is C11H16F3N3O2. The van der Waals surface area contributed by atoms with Crippen LogP contribution in [0, 0.1) is 11.3 Å². The topological polar surface area (TPSA) is 56.6 Å². The van der Waals surface area contributed by atoms with Crippen molar-refractivity contribution in [3.05, 3.63) is 0 Å². The van der Waals surface area contributed by atoms with E-state index in [-0.39, 0.29) is 13.2 Å². The third-order valence-electron chi connectivity index (χ3n) is 3.01. The molecule has 0 aromatic carbocycles. The van der Waals surface area contributed by atoms with Gasteiger partial charge in [-0.25, -0.2) is 0 Å². The Morgan fingerprint density at radius 3 is 2.79 bits per heavy atom. The first-order valence-electron chi connectivity index (χ1n) is 5.81. The van der Waals surface area contributed by atoms with Crippen LogP contribution in [0.5, 0.6) is 0 Å². The van der Waals surface area contributed by atoms with Gasteiger partial charge in [-0.1, -0.05) is 0 Å². The van der Waals surface area contributed by atoms with E-state index >= 15 is 0 Å². The van der Waals surface area contributed by atoms with Crippen molar-refractivity contribution in [1.29, 1.82) is 5.26 Å². The Bertz CT molecular complexity index is 367. The number of rotatable bonds is 3. The molecule has 1 aliphatic rings. The Morgan fingerprint density at radius 1 is 1.63 bits per heavy atom. The number of nitriles is 1. The summed E-state index contributed by atoms with van der Waals surface area (Å²) in [6.45, 7) is 0.846. The fraction of sp³-hybridized carbons (Fsp3) is 0.818. The smallest absolute Gasteiger partial charge is 0.376 e. The van der Waals surface area contributed by atoms with Gasteiger partial charge in [0.1, 0.15) is 6.04 Å². The highest BCUT2D eigenvalue weighted by Gasteiger charge is 2.36. The molecule has 2 atom stereocenters. The summed E-state index contributed by atoms with van der Waals surface area (Å²) in [4.78, 5) is 14.3. The molecule has 0 saturated carbocycles. The van der Waals surface area contributed by atoms with Crippen LogP contribution in [0.1, 0.15) is 6.92 Å². The van der Waals surface area contributed by atoms with Crippen LogP contribution in [0.4, 0.5) is 13.2 Å². The summed E-state index contributed by atoms with van der Waals surface area (Å²) in [5.41, 5.74) is 0. The van der Waals surface area contributed by atoms with Gasteiger partial charge >= 0.3 is 6.18 Å². The van der Waals surface area contributed by atoms with Crippen LogP contribution in [0.15, 0.2) is 0 Å². The predicted octanol–water partition coefficient (Wildman–Crippen LogP) is 0.620. The van der Waals surface area contributed by atoms with E-state index in [1.807, 2.05) is 6.07 Å². The molecule has 0 radical (unpaired) electrons. The fourth-order valence-corrected chi connectivity index (χ4v) is 1.82. The average molecular weight is 279 g/mol. The highest BCUT2D eigenvalue weighted by atomic mass is 19.4. The van der Waals surface area contributed by atoms with Gasteiger partial charge in [0.05, 0.1) is 31.9 Å². The Balaban J connectivity index is 2.67. The standard InChI is InChI=1S/C11H16F3N3O2/c1-8(16(2)7-11(12,13)14)10(18)17-3-4-19-6-9(17)5-15/h8-9H,3-4,6-7H2,1-2H3. The van der Waals surface area contributed by atoms with E-state index in [2.05, 4.69) is 0 Å². The van der Waals surface area contributed by atoms with Crippen LogP contribution in [-0.4, -0.2) is 67.3 Å². The zero-order valence-electron chi connectivity index (χ0n) is 10.8. The number of amides is 1. The number of likely N-dealkylation sites (N-methyl/N-ethyl adjacent to an activating group) is 1. The van der Waals surface area contributed by atoms with Gasteiger partial charge in [-0.3, -0.25) is 9.69 Å². The molecule has 0 bridgehead atoms. The van der Waals surface area contributed by atoms with Gasteiger partial charge in [0.25, 0.3) is 0 Å². The number of ether oxygens (including phenoxy) is 1. The first kappa shape index (κ1) is 15.7. The van der Waals surface area contributed by atoms with Crippen molar-refractivity contribution in [3.8, 4) is 6.07 Å². The van der Waals surface area contributed by atoms with E-state index in [0.29, 0.717) is 6.61 Å². The van der Waals surface area contributed by atoms with Crippen LogP contribution in [0.3, 0.4) is 0 Å². The normalized spacial score (nSPS) is 22.2. The summed E-state index contributed by atoms with van der Waals surface area (Å²) in [6, 6.07) is 0.248. The van der Waals surface area contributed by atoms with Crippen LogP contribution < -0.4 is 0 Å². The number of halogens is 3. The SMILES string of the molecule is CC(C(=O)N1CCOCC1C#N)N(C)CC(F)(F)F. The molecule has 108 valence electrons. The van der Waals surface area contributed by atoms with Crippen molar-refractivity contribution >= 4 is 5.91 Å². The molecule has 0 aromatic heterocycles. The Kier molecular flexibility index (Phi) is 5.14. The second-order valence-corrected chi connectivity index (χ2v) is 4.46. The van der Waals surface area contributed by atoms with Gasteiger partial charge in [-0.05, 0) is 14.0 Å². The summed E-state index contributed by atoms with van der Waals surface area (Å²) >= 11 is 0. The van der Waals surface area contributed by atoms with Crippen molar-refractivity contribution in [2.24, 2.45) is 0 Å². The third kappa shape index (κ3) is 4.36. The summed E-state index contributed by atoms with van der Waals surface area (Å²) in [5.74, 6) is -0.485. The lowest BCUT2D eigenvalue weighted by Crippen LogP contribution is -2.55. The summed E-state index contributed by atoms with van der Waals surface area (Å²) < 4.78 is 41.9. The number of hydrogen-bond acceptors (Lipinski definition) is 4. The Hall–Kier alpha value is -1.33. The highest BCUT2D eigenvalue weighted by molar-refractivity contribution is 5.82. The van der Waals surface area contributed by atoms with Gasteiger partial charge in [-0.15, -0.1) is 0 Å². The number of morpholine rings is 1. The molecule has 0 N–H and O–H groups in total. The lowest BCUT2D eigenvalue weighted by atomic mass is 10.2. The molecule has 2 unspecified atom stereocenters. The van der Waals surface area contributed by atoms with Gasteiger partial charge in [0.15, 0.2) is 0 Å². The number of nitrogens with zero attached hydrogens (tertiary/aromatic N) is 3. The molecule has 19 heavy (non-hydrogen) atoms. The molecule has 1 fully saturated rings. The van der Waals surface area contributed by atoms with Crippen LogP contribution in [0.2, 0.25) is 0 Å². The molecule has 8 heteroatoms. The molecule has 1 saturated heterocycles. The highest BCUT2D eigenvalue weighted by Crippen LogP contribution is 2.18. The van der Waals surface area contributed by atoms with E-state index < -0.39 is 30.7 Å². The maximum Gasteiger partial charge on any atom is 0.401 e. The molecule has 1 aliphatic heterocycles. The molecule has 1 heterocycles. The molecule has 0 spiro atoms. The van der Waals surface area contributed by atoms with E-state index in [1.165, 1.54) is 18.9 Å². The van der Waals surface area contributed by atoms with Gasteiger partial charge in [0.2, 0.25) is 5.91 Å². The molecule has 5 nitrogen and oxygen atoms in total. The van der Waals surface area contributed by atoms with E-state index in [1.54, 1.807) is 0 Å².